The van der Waals surface area contributed by atoms with E-state index in [0.29, 0.717) is 6.54 Å². The van der Waals surface area contributed by atoms with Gasteiger partial charge in [-0.15, -0.1) is 24.0 Å². The molecule has 1 rings (SSSR count). The van der Waals surface area contributed by atoms with Crippen LogP contribution in [-0.2, 0) is 11.3 Å². The zero-order valence-electron chi connectivity index (χ0n) is 14.9. The number of hydrogen-bond donors (Lipinski definition) is 3. The molecule has 0 unspecified atom stereocenters. The standard InChI is InChI=1S/C17H28N4OS.HI/c1-5-18-17(19-10-11-23-4)20-12-14-6-8-15(9-7-14)21-16(22)13(2)3;/h6-9,13H,5,10-12H2,1-4H3,(H,21,22)(H2,18,19,20);1H. The first-order valence-corrected chi connectivity index (χ1v) is 9.37. The molecule has 0 radical (unpaired) electrons. The molecule has 0 fully saturated rings. The summed E-state index contributed by atoms with van der Waals surface area (Å²) < 4.78 is 0. The molecular formula is C17H29IN4OS. The quantitative estimate of drug-likeness (QED) is 0.239. The number of rotatable bonds is 8. The number of carbonyl (C=O) groups excluding carboxylic acids is 1. The lowest BCUT2D eigenvalue weighted by Crippen LogP contribution is -2.38. The van der Waals surface area contributed by atoms with Gasteiger partial charge in [-0.1, -0.05) is 26.0 Å². The number of amides is 1. The van der Waals surface area contributed by atoms with Crippen LogP contribution in [-0.4, -0.2) is 37.0 Å². The summed E-state index contributed by atoms with van der Waals surface area (Å²) in [5, 5.41) is 9.42. The van der Waals surface area contributed by atoms with Crippen molar-refractivity contribution in [3.05, 3.63) is 29.8 Å². The SMILES string of the molecule is CCNC(=NCc1ccc(NC(=O)C(C)C)cc1)NCCSC.I. The summed E-state index contributed by atoms with van der Waals surface area (Å²) in [5.41, 5.74) is 1.93. The zero-order valence-corrected chi connectivity index (χ0v) is 18.0. The second-order valence-corrected chi connectivity index (χ2v) is 6.44. The third-order valence-electron chi connectivity index (χ3n) is 3.11. The number of thioether (sulfide) groups is 1. The number of nitrogens with one attached hydrogen (secondary N) is 3. The van der Waals surface area contributed by atoms with Crippen LogP contribution in [0.4, 0.5) is 5.69 Å². The first kappa shape index (κ1) is 23.0. The second kappa shape index (κ2) is 13.3. The third-order valence-corrected chi connectivity index (χ3v) is 3.72. The highest BCUT2D eigenvalue weighted by atomic mass is 127. The monoisotopic (exact) mass is 464 g/mol. The number of nitrogens with zero attached hydrogens (tertiary/aromatic N) is 1. The number of guanidine groups is 1. The van der Waals surface area contributed by atoms with Crippen molar-refractivity contribution < 1.29 is 4.79 Å². The lowest BCUT2D eigenvalue weighted by atomic mass is 10.2. The van der Waals surface area contributed by atoms with E-state index in [1.807, 2.05) is 38.1 Å². The topological polar surface area (TPSA) is 65.5 Å². The summed E-state index contributed by atoms with van der Waals surface area (Å²) in [4.78, 5) is 16.2. The second-order valence-electron chi connectivity index (χ2n) is 5.46. The smallest absolute Gasteiger partial charge is 0.226 e. The number of anilines is 1. The van der Waals surface area contributed by atoms with Crippen LogP contribution in [0.15, 0.2) is 29.3 Å². The van der Waals surface area contributed by atoms with E-state index < -0.39 is 0 Å². The molecule has 5 nitrogen and oxygen atoms in total. The number of carbonyl (C=O) groups is 1. The van der Waals surface area contributed by atoms with Gasteiger partial charge in [0.05, 0.1) is 6.54 Å². The molecule has 3 N–H and O–H groups in total. The maximum Gasteiger partial charge on any atom is 0.226 e. The largest absolute Gasteiger partial charge is 0.357 e. The third kappa shape index (κ3) is 9.36. The van der Waals surface area contributed by atoms with E-state index >= 15 is 0 Å². The lowest BCUT2D eigenvalue weighted by Gasteiger charge is -2.11. The minimum absolute atomic E-state index is 0. The Hall–Kier alpha value is -0.960. The van der Waals surface area contributed by atoms with Crippen molar-refractivity contribution in [2.45, 2.75) is 27.3 Å². The summed E-state index contributed by atoms with van der Waals surface area (Å²) in [5.74, 6) is 1.89. The molecule has 0 heterocycles. The van der Waals surface area contributed by atoms with Gasteiger partial charge in [-0.25, -0.2) is 4.99 Å². The molecule has 0 aliphatic carbocycles. The van der Waals surface area contributed by atoms with Gasteiger partial charge in [-0.2, -0.15) is 11.8 Å². The van der Waals surface area contributed by atoms with Gasteiger partial charge in [0.25, 0.3) is 0 Å². The number of hydrogen-bond acceptors (Lipinski definition) is 3. The molecule has 0 aliphatic heterocycles. The molecule has 24 heavy (non-hydrogen) atoms. The fourth-order valence-electron chi connectivity index (χ4n) is 1.76. The van der Waals surface area contributed by atoms with Gasteiger partial charge < -0.3 is 16.0 Å². The lowest BCUT2D eigenvalue weighted by molar-refractivity contribution is -0.118. The first-order chi connectivity index (χ1) is 11.1. The number of aliphatic imine (C=N–C) groups is 1. The highest BCUT2D eigenvalue weighted by Crippen LogP contribution is 2.11. The van der Waals surface area contributed by atoms with E-state index in [1.54, 1.807) is 11.8 Å². The van der Waals surface area contributed by atoms with Crippen molar-refractivity contribution >= 4 is 53.3 Å². The predicted octanol–water partition coefficient (Wildman–Crippen LogP) is 3.32. The average Bonchev–Trinajstić information content (AvgIpc) is 2.54. The Bertz CT molecular complexity index is 506. The predicted molar refractivity (Wildman–Crippen MR) is 117 cm³/mol. The van der Waals surface area contributed by atoms with Gasteiger partial charge >= 0.3 is 0 Å². The maximum absolute atomic E-state index is 11.7. The minimum atomic E-state index is -0.0192. The highest BCUT2D eigenvalue weighted by molar-refractivity contribution is 14.0. The van der Waals surface area contributed by atoms with Crippen molar-refractivity contribution in [2.75, 3.05) is 30.4 Å². The van der Waals surface area contributed by atoms with Gasteiger partial charge in [0.1, 0.15) is 0 Å². The Morgan fingerprint density at radius 2 is 1.88 bits per heavy atom. The summed E-state index contributed by atoms with van der Waals surface area (Å²) in [6.07, 6.45) is 2.09. The Morgan fingerprint density at radius 3 is 2.42 bits per heavy atom. The van der Waals surface area contributed by atoms with Crippen LogP contribution in [0.2, 0.25) is 0 Å². The van der Waals surface area contributed by atoms with Gasteiger partial charge in [0.2, 0.25) is 5.91 Å². The van der Waals surface area contributed by atoms with Crippen molar-refractivity contribution in [3.8, 4) is 0 Å². The highest BCUT2D eigenvalue weighted by Gasteiger charge is 2.06. The fraction of sp³-hybridized carbons (Fsp3) is 0.529. The molecule has 0 bridgehead atoms. The molecule has 1 aromatic rings. The van der Waals surface area contributed by atoms with Crippen LogP contribution in [0.1, 0.15) is 26.3 Å². The normalized spacial score (nSPS) is 11.0. The van der Waals surface area contributed by atoms with Crippen LogP contribution in [0.5, 0.6) is 0 Å². The van der Waals surface area contributed by atoms with E-state index in [-0.39, 0.29) is 35.8 Å². The summed E-state index contributed by atoms with van der Waals surface area (Å²) in [6.45, 7) is 8.15. The van der Waals surface area contributed by atoms with E-state index in [9.17, 15) is 4.79 Å². The molecule has 7 heteroatoms. The summed E-state index contributed by atoms with van der Waals surface area (Å²) >= 11 is 1.80. The van der Waals surface area contributed by atoms with Gasteiger partial charge in [-0.3, -0.25) is 4.79 Å². The van der Waals surface area contributed by atoms with Gasteiger partial charge in [-0.05, 0) is 30.9 Å². The van der Waals surface area contributed by atoms with Crippen LogP contribution in [0, 0.1) is 5.92 Å². The van der Waals surface area contributed by atoms with Crippen molar-refractivity contribution in [2.24, 2.45) is 10.9 Å². The number of halogens is 1. The molecule has 0 saturated carbocycles. The molecule has 1 amide bonds. The Labute approximate surface area is 166 Å². The molecular weight excluding hydrogens is 435 g/mol. The van der Waals surface area contributed by atoms with E-state index in [2.05, 4.69) is 34.1 Å². The Kier molecular flexibility index (Phi) is 12.8. The van der Waals surface area contributed by atoms with Gasteiger partial charge in [0.15, 0.2) is 5.96 Å². The average molecular weight is 464 g/mol. The molecule has 0 saturated heterocycles. The van der Waals surface area contributed by atoms with Crippen molar-refractivity contribution in [1.29, 1.82) is 0 Å². The summed E-state index contributed by atoms with van der Waals surface area (Å²) in [7, 11) is 0. The Balaban J connectivity index is 0.00000529. The molecule has 1 aromatic carbocycles. The van der Waals surface area contributed by atoms with Crippen LogP contribution in [0.3, 0.4) is 0 Å². The number of benzene rings is 1. The van der Waals surface area contributed by atoms with Crippen LogP contribution in [0.25, 0.3) is 0 Å². The molecule has 0 atom stereocenters. The molecule has 136 valence electrons. The fourth-order valence-corrected chi connectivity index (χ4v) is 2.07. The van der Waals surface area contributed by atoms with E-state index in [1.165, 1.54) is 0 Å². The minimum Gasteiger partial charge on any atom is -0.357 e. The van der Waals surface area contributed by atoms with Crippen LogP contribution < -0.4 is 16.0 Å². The van der Waals surface area contributed by atoms with E-state index in [0.717, 1.165) is 36.1 Å². The Morgan fingerprint density at radius 1 is 1.21 bits per heavy atom. The zero-order chi connectivity index (χ0) is 17.1. The van der Waals surface area contributed by atoms with Crippen molar-refractivity contribution in [1.82, 2.24) is 10.6 Å². The first-order valence-electron chi connectivity index (χ1n) is 7.97. The van der Waals surface area contributed by atoms with Crippen molar-refractivity contribution in [3.63, 3.8) is 0 Å². The molecule has 0 aromatic heterocycles. The summed E-state index contributed by atoms with van der Waals surface area (Å²) in [6, 6.07) is 7.81. The molecule has 0 aliphatic rings. The van der Waals surface area contributed by atoms with Crippen LogP contribution >= 0.6 is 35.7 Å². The van der Waals surface area contributed by atoms with E-state index in [4.69, 9.17) is 0 Å². The maximum atomic E-state index is 11.7. The molecule has 0 spiro atoms. The van der Waals surface area contributed by atoms with Gasteiger partial charge in [0, 0.05) is 30.4 Å².